The Morgan fingerprint density at radius 1 is 1.45 bits per heavy atom. The molecule has 1 aromatic carbocycles. The van der Waals surface area contributed by atoms with Gasteiger partial charge in [0.2, 0.25) is 0 Å². The maximum Gasteiger partial charge on any atom is 0.138 e. The molecule has 0 amide bonds. The monoisotopic (exact) mass is 318 g/mol. The SMILES string of the molecule is COC1CCN(Cc2cc(Cl)cc(Cl)c2O)C(CN)C1. The fraction of sp³-hybridized carbons (Fsp3) is 0.571. The molecule has 2 unspecified atom stereocenters. The summed E-state index contributed by atoms with van der Waals surface area (Å²) in [4.78, 5) is 2.25. The first-order chi connectivity index (χ1) is 9.55. The summed E-state index contributed by atoms with van der Waals surface area (Å²) in [5, 5.41) is 10.8. The van der Waals surface area contributed by atoms with Gasteiger partial charge in [0.05, 0.1) is 11.1 Å². The van der Waals surface area contributed by atoms with Crippen LogP contribution < -0.4 is 5.73 Å². The Hall–Kier alpha value is -0.520. The van der Waals surface area contributed by atoms with Crippen LogP contribution in [0, 0.1) is 0 Å². The van der Waals surface area contributed by atoms with Crippen molar-refractivity contribution >= 4 is 23.2 Å². The van der Waals surface area contributed by atoms with Gasteiger partial charge in [-0.2, -0.15) is 0 Å². The van der Waals surface area contributed by atoms with Gasteiger partial charge in [-0.3, -0.25) is 4.90 Å². The predicted octanol–water partition coefficient (Wildman–Crippen LogP) is 2.64. The van der Waals surface area contributed by atoms with Crippen molar-refractivity contribution in [3.05, 3.63) is 27.7 Å². The second-order valence-electron chi connectivity index (χ2n) is 5.14. The van der Waals surface area contributed by atoms with E-state index in [9.17, 15) is 5.11 Å². The summed E-state index contributed by atoms with van der Waals surface area (Å²) in [5.41, 5.74) is 6.58. The van der Waals surface area contributed by atoms with E-state index in [0.717, 1.165) is 24.9 Å². The summed E-state index contributed by atoms with van der Waals surface area (Å²) in [6.45, 7) is 2.03. The third-order valence-electron chi connectivity index (χ3n) is 3.88. The minimum atomic E-state index is 0.0979. The quantitative estimate of drug-likeness (QED) is 0.896. The number of likely N-dealkylation sites (tertiary alicyclic amines) is 1. The Morgan fingerprint density at radius 2 is 2.20 bits per heavy atom. The maximum absolute atomic E-state index is 10.0. The molecule has 4 nitrogen and oxygen atoms in total. The average Bonchev–Trinajstić information content (AvgIpc) is 2.44. The molecule has 0 spiro atoms. The Morgan fingerprint density at radius 3 is 2.85 bits per heavy atom. The zero-order valence-electron chi connectivity index (χ0n) is 11.5. The van der Waals surface area contributed by atoms with E-state index in [0.29, 0.717) is 18.1 Å². The molecule has 1 aliphatic rings. The number of phenols is 1. The number of nitrogens with zero attached hydrogens (tertiary/aromatic N) is 1. The molecule has 0 bridgehead atoms. The van der Waals surface area contributed by atoms with Crippen LogP contribution in [0.25, 0.3) is 0 Å². The molecule has 1 heterocycles. The van der Waals surface area contributed by atoms with Gasteiger partial charge in [0.25, 0.3) is 0 Å². The molecule has 20 heavy (non-hydrogen) atoms. The number of hydrogen-bond donors (Lipinski definition) is 2. The molecular weight excluding hydrogens is 299 g/mol. The van der Waals surface area contributed by atoms with E-state index in [2.05, 4.69) is 4.90 Å². The van der Waals surface area contributed by atoms with Gasteiger partial charge in [-0.1, -0.05) is 23.2 Å². The molecular formula is C14H20Cl2N2O2. The number of phenolic OH excluding ortho intramolecular Hbond substituents is 1. The van der Waals surface area contributed by atoms with Crippen molar-refractivity contribution in [1.82, 2.24) is 4.90 Å². The normalized spacial score (nSPS) is 24.0. The van der Waals surface area contributed by atoms with Crippen LogP contribution in [0.4, 0.5) is 0 Å². The highest BCUT2D eigenvalue weighted by Crippen LogP contribution is 2.33. The van der Waals surface area contributed by atoms with Gasteiger partial charge in [0.1, 0.15) is 5.75 Å². The Bertz CT molecular complexity index is 471. The van der Waals surface area contributed by atoms with Gasteiger partial charge in [-0.25, -0.2) is 0 Å². The number of aromatic hydroxyl groups is 1. The molecule has 2 rings (SSSR count). The lowest BCUT2D eigenvalue weighted by Gasteiger charge is -2.38. The summed E-state index contributed by atoms with van der Waals surface area (Å²) in [7, 11) is 1.73. The van der Waals surface area contributed by atoms with E-state index in [4.69, 9.17) is 33.7 Å². The van der Waals surface area contributed by atoms with Crippen LogP contribution in [0.3, 0.4) is 0 Å². The predicted molar refractivity (Wildman–Crippen MR) is 81.4 cm³/mol. The lowest BCUT2D eigenvalue weighted by atomic mass is 9.98. The van der Waals surface area contributed by atoms with Crippen molar-refractivity contribution in [2.45, 2.75) is 31.5 Å². The summed E-state index contributed by atoms with van der Waals surface area (Å²) in [5.74, 6) is 0.0979. The van der Waals surface area contributed by atoms with Crippen LogP contribution >= 0.6 is 23.2 Å². The molecule has 0 aliphatic carbocycles. The highest BCUT2D eigenvalue weighted by atomic mass is 35.5. The van der Waals surface area contributed by atoms with Crippen LogP contribution in [0.5, 0.6) is 5.75 Å². The molecule has 6 heteroatoms. The number of ether oxygens (including phenoxy) is 1. The largest absolute Gasteiger partial charge is 0.506 e. The van der Waals surface area contributed by atoms with Crippen molar-refractivity contribution in [3.8, 4) is 5.75 Å². The molecule has 1 aliphatic heterocycles. The second kappa shape index (κ2) is 6.96. The zero-order valence-corrected chi connectivity index (χ0v) is 13.0. The number of halogens is 2. The first kappa shape index (κ1) is 15.9. The van der Waals surface area contributed by atoms with Crippen LogP contribution in [0.2, 0.25) is 10.0 Å². The maximum atomic E-state index is 10.0. The number of hydrogen-bond acceptors (Lipinski definition) is 4. The van der Waals surface area contributed by atoms with Gasteiger partial charge >= 0.3 is 0 Å². The minimum absolute atomic E-state index is 0.0979. The Kier molecular flexibility index (Phi) is 5.52. The van der Waals surface area contributed by atoms with E-state index in [1.165, 1.54) is 0 Å². The summed E-state index contributed by atoms with van der Waals surface area (Å²) in [6.07, 6.45) is 2.13. The topological polar surface area (TPSA) is 58.7 Å². The summed E-state index contributed by atoms with van der Waals surface area (Å²) >= 11 is 12.0. The summed E-state index contributed by atoms with van der Waals surface area (Å²) < 4.78 is 5.41. The minimum Gasteiger partial charge on any atom is -0.506 e. The smallest absolute Gasteiger partial charge is 0.138 e. The van der Waals surface area contributed by atoms with Gasteiger partial charge in [-0.15, -0.1) is 0 Å². The van der Waals surface area contributed by atoms with E-state index < -0.39 is 0 Å². The number of methoxy groups -OCH3 is 1. The van der Waals surface area contributed by atoms with Crippen LogP contribution in [0.15, 0.2) is 12.1 Å². The number of piperidine rings is 1. The molecule has 1 aromatic rings. The van der Waals surface area contributed by atoms with Gasteiger partial charge in [0.15, 0.2) is 0 Å². The van der Waals surface area contributed by atoms with E-state index in [-0.39, 0.29) is 22.9 Å². The molecule has 1 fully saturated rings. The number of rotatable bonds is 4. The van der Waals surface area contributed by atoms with Crippen molar-refractivity contribution in [3.63, 3.8) is 0 Å². The molecule has 0 saturated carbocycles. The number of nitrogens with two attached hydrogens (primary N) is 1. The highest BCUT2D eigenvalue weighted by molar-refractivity contribution is 6.35. The third-order valence-corrected chi connectivity index (χ3v) is 4.38. The van der Waals surface area contributed by atoms with E-state index >= 15 is 0 Å². The van der Waals surface area contributed by atoms with E-state index in [1.807, 2.05) is 0 Å². The van der Waals surface area contributed by atoms with Gasteiger partial charge < -0.3 is 15.6 Å². The Labute approximate surface area is 129 Å². The lowest BCUT2D eigenvalue weighted by Crippen LogP contribution is -2.47. The first-order valence-electron chi connectivity index (χ1n) is 6.69. The molecule has 0 radical (unpaired) electrons. The molecule has 3 N–H and O–H groups in total. The zero-order chi connectivity index (χ0) is 14.7. The van der Waals surface area contributed by atoms with Crippen molar-refractivity contribution in [2.24, 2.45) is 5.73 Å². The van der Waals surface area contributed by atoms with E-state index in [1.54, 1.807) is 19.2 Å². The third kappa shape index (κ3) is 3.57. The Balaban J connectivity index is 2.13. The molecule has 112 valence electrons. The second-order valence-corrected chi connectivity index (χ2v) is 5.98. The lowest BCUT2D eigenvalue weighted by molar-refractivity contribution is 0.0100. The molecule has 1 saturated heterocycles. The van der Waals surface area contributed by atoms with Crippen molar-refractivity contribution < 1.29 is 9.84 Å². The van der Waals surface area contributed by atoms with Gasteiger partial charge in [0, 0.05) is 43.4 Å². The molecule has 0 aromatic heterocycles. The summed E-state index contributed by atoms with van der Waals surface area (Å²) in [6, 6.07) is 3.53. The van der Waals surface area contributed by atoms with Gasteiger partial charge in [-0.05, 0) is 25.0 Å². The van der Waals surface area contributed by atoms with Crippen LogP contribution in [-0.4, -0.2) is 42.4 Å². The highest BCUT2D eigenvalue weighted by Gasteiger charge is 2.28. The van der Waals surface area contributed by atoms with Crippen molar-refractivity contribution in [1.29, 1.82) is 0 Å². The van der Waals surface area contributed by atoms with Crippen LogP contribution in [-0.2, 0) is 11.3 Å². The number of benzene rings is 1. The standard InChI is InChI=1S/C14H20Cl2N2O2/c1-20-12-2-3-18(11(6-12)7-17)8-9-4-10(15)5-13(16)14(9)19/h4-5,11-12,19H,2-3,6-8,17H2,1H3. The van der Waals surface area contributed by atoms with Crippen LogP contribution in [0.1, 0.15) is 18.4 Å². The fourth-order valence-electron chi connectivity index (χ4n) is 2.69. The molecule has 2 atom stereocenters. The fourth-order valence-corrected chi connectivity index (χ4v) is 3.22. The first-order valence-corrected chi connectivity index (χ1v) is 7.44. The van der Waals surface area contributed by atoms with Crippen molar-refractivity contribution in [2.75, 3.05) is 20.2 Å². The average molecular weight is 319 g/mol.